The number of nitrogens with two attached hydrogens (primary N) is 1. The van der Waals surface area contributed by atoms with Crippen molar-refractivity contribution in [1.29, 1.82) is 5.26 Å². The van der Waals surface area contributed by atoms with Crippen LogP contribution >= 0.6 is 22.6 Å². The molecule has 2 heterocycles. The fraction of sp³-hybridized carbons (Fsp3) is 0.143. The Morgan fingerprint density at radius 3 is 2.46 bits per heavy atom. The quantitative estimate of drug-likeness (QED) is 0.572. The molecule has 4 rings (SSSR count). The first kappa shape index (κ1) is 18.5. The van der Waals surface area contributed by atoms with Gasteiger partial charge in [0.05, 0.1) is 29.6 Å². The molecule has 2 aromatic carbocycles. The highest BCUT2D eigenvalue weighted by atomic mass is 127. The first-order valence-electron chi connectivity index (χ1n) is 8.60. The summed E-state index contributed by atoms with van der Waals surface area (Å²) in [7, 11) is 1.62. The third-order valence-corrected chi connectivity index (χ3v) is 5.35. The van der Waals surface area contributed by atoms with Gasteiger partial charge in [0.1, 0.15) is 11.8 Å². The minimum absolute atomic E-state index is 0.378. The second-order valence-corrected chi connectivity index (χ2v) is 7.57. The predicted molar refractivity (Wildman–Crippen MR) is 114 cm³/mol. The van der Waals surface area contributed by atoms with Crippen LogP contribution in [0.4, 0.5) is 0 Å². The van der Waals surface area contributed by atoms with Crippen molar-refractivity contribution in [2.45, 2.75) is 13.2 Å². The van der Waals surface area contributed by atoms with E-state index in [4.69, 9.17) is 15.2 Å². The van der Waals surface area contributed by atoms with Gasteiger partial charge in [0.2, 0.25) is 5.88 Å². The molecule has 140 valence electrons. The van der Waals surface area contributed by atoms with Crippen LogP contribution in [-0.2, 0) is 0 Å². The summed E-state index contributed by atoms with van der Waals surface area (Å²) in [5.41, 5.74) is 10.6. The minimum Gasteiger partial charge on any atom is -0.497 e. The van der Waals surface area contributed by atoms with Crippen molar-refractivity contribution in [3.8, 4) is 23.4 Å². The number of rotatable bonds is 3. The lowest BCUT2D eigenvalue weighted by molar-refractivity contribution is 0.228. The molecule has 1 atom stereocenters. The van der Waals surface area contributed by atoms with E-state index in [-0.39, 0.29) is 0 Å². The van der Waals surface area contributed by atoms with Crippen molar-refractivity contribution in [2.24, 2.45) is 5.73 Å². The van der Waals surface area contributed by atoms with Gasteiger partial charge in [-0.25, -0.2) is 4.68 Å². The number of hydrogen-bond acceptors (Lipinski definition) is 5. The highest BCUT2D eigenvalue weighted by Gasteiger charge is 2.33. The SMILES string of the molecule is COc1ccc(C2=C(C#N)C(N)Oc3c2c(C)nn3-c2ccc(I)cc2)cc1. The van der Waals surface area contributed by atoms with Gasteiger partial charge in [0, 0.05) is 9.14 Å². The molecule has 6 nitrogen and oxygen atoms in total. The summed E-state index contributed by atoms with van der Waals surface area (Å²) in [5.74, 6) is 1.28. The van der Waals surface area contributed by atoms with Crippen LogP contribution < -0.4 is 15.2 Å². The fourth-order valence-corrected chi connectivity index (χ4v) is 3.65. The van der Waals surface area contributed by atoms with Crippen LogP contribution in [0.1, 0.15) is 16.8 Å². The second-order valence-electron chi connectivity index (χ2n) is 6.32. The van der Waals surface area contributed by atoms with E-state index in [1.165, 1.54) is 0 Å². The van der Waals surface area contributed by atoms with Crippen molar-refractivity contribution in [3.63, 3.8) is 0 Å². The van der Waals surface area contributed by atoms with Crippen molar-refractivity contribution in [2.75, 3.05) is 7.11 Å². The maximum absolute atomic E-state index is 9.74. The lowest BCUT2D eigenvalue weighted by Crippen LogP contribution is -2.33. The molecule has 0 bridgehead atoms. The van der Waals surface area contributed by atoms with Gasteiger partial charge in [-0.15, -0.1) is 0 Å². The molecular weight excluding hydrogens is 467 g/mol. The van der Waals surface area contributed by atoms with E-state index in [9.17, 15) is 5.26 Å². The topological polar surface area (TPSA) is 86.1 Å². The number of methoxy groups -OCH3 is 1. The Hall–Kier alpha value is -2.83. The first-order chi connectivity index (χ1) is 13.5. The summed E-state index contributed by atoms with van der Waals surface area (Å²) in [6, 6.07) is 17.7. The minimum atomic E-state index is -0.867. The van der Waals surface area contributed by atoms with Crippen molar-refractivity contribution >= 4 is 28.2 Å². The van der Waals surface area contributed by atoms with E-state index in [0.29, 0.717) is 11.5 Å². The monoisotopic (exact) mass is 484 g/mol. The summed E-state index contributed by atoms with van der Waals surface area (Å²) in [6.07, 6.45) is -0.867. The van der Waals surface area contributed by atoms with Gasteiger partial charge in [0.15, 0.2) is 6.23 Å². The number of hydrogen-bond donors (Lipinski definition) is 1. The third-order valence-electron chi connectivity index (χ3n) is 4.63. The first-order valence-corrected chi connectivity index (χ1v) is 9.68. The van der Waals surface area contributed by atoms with Crippen LogP contribution in [0.5, 0.6) is 11.6 Å². The van der Waals surface area contributed by atoms with Crippen LogP contribution in [0.3, 0.4) is 0 Å². The zero-order valence-corrected chi connectivity index (χ0v) is 17.5. The normalized spacial score (nSPS) is 15.6. The summed E-state index contributed by atoms with van der Waals surface area (Å²) in [4.78, 5) is 0. The van der Waals surface area contributed by atoms with Crippen molar-refractivity contribution < 1.29 is 9.47 Å². The number of aryl methyl sites for hydroxylation is 1. The molecule has 7 heteroatoms. The average Bonchev–Trinajstić information content (AvgIpc) is 3.03. The Bertz CT molecular complexity index is 1110. The molecular formula is C21H17IN4O2. The molecule has 1 aliphatic rings. The molecule has 1 aliphatic heterocycles. The molecule has 0 saturated heterocycles. The molecule has 0 amide bonds. The van der Waals surface area contributed by atoms with E-state index >= 15 is 0 Å². The van der Waals surface area contributed by atoms with E-state index in [1.807, 2.05) is 55.5 Å². The van der Waals surface area contributed by atoms with Crippen LogP contribution in [0.15, 0.2) is 54.1 Å². The largest absolute Gasteiger partial charge is 0.497 e. The van der Waals surface area contributed by atoms with Gasteiger partial charge in [-0.1, -0.05) is 12.1 Å². The zero-order chi connectivity index (χ0) is 19.8. The van der Waals surface area contributed by atoms with Crippen LogP contribution in [-0.4, -0.2) is 23.1 Å². The molecule has 0 saturated carbocycles. The zero-order valence-electron chi connectivity index (χ0n) is 15.3. The summed E-state index contributed by atoms with van der Waals surface area (Å²) >= 11 is 2.26. The number of halogens is 1. The molecule has 1 unspecified atom stereocenters. The number of benzene rings is 2. The number of nitrogens with zero attached hydrogens (tertiary/aromatic N) is 3. The second kappa shape index (κ2) is 7.30. The van der Waals surface area contributed by atoms with Crippen molar-refractivity contribution in [1.82, 2.24) is 9.78 Å². The number of ether oxygens (including phenoxy) is 2. The van der Waals surface area contributed by atoms with Crippen LogP contribution in [0.25, 0.3) is 11.3 Å². The highest BCUT2D eigenvalue weighted by molar-refractivity contribution is 14.1. The molecule has 0 fully saturated rings. The third kappa shape index (κ3) is 3.04. The lowest BCUT2D eigenvalue weighted by Gasteiger charge is -2.25. The van der Waals surface area contributed by atoms with E-state index in [2.05, 4.69) is 33.8 Å². The summed E-state index contributed by atoms with van der Waals surface area (Å²) in [6.45, 7) is 1.90. The summed E-state index contributed by atoms with van der Waals surface area (Å²) < 4.78 is 14.0. The van der Waals surface area contributed by atoms with Gasteiger partial charge >= 0.3 is 0 Å². The fourth-order valence-electron chi connectivity index (χ4n) is 3.29. The molecule has 1 aromatic heterocycles. The van der Waals surface area contributed by atoms with Gasteiger partial charge in [0.25, 0.3) is 0 Å². The molecule has 28 heavy (non-hydrogen) atoms. The number of aromatic nitrogens is 2. The van der Waals surface area contributed by atoms with Crippen molar-refractivity contribution in [3.05, 3.63) is 74.5 Å². The van der Waals surface area contributed by atoms with Crippen LogP contribution in [0, 0.1) is 21.8 Å². The smallest absolute Gasteiger partial charge is 0.226 e. The standard InChI is InChI=1S/C21H17IN4O2/c1-12-18-19(13-3-9-16(27-2)10-4-13)17(11-23)20(24)28-21(18)26(25-12)15-7-5-14(22)6-8-15/h3-10,20H,24H2,1-2H3. The van der Waals surface area contributed by atoms with Gasteiger partial charge in [-0.3, -0.25) is 5.73 Å². The maximum atomic E-state index is 9.74. The molecule has 0 spiro atoms. The Balaban J connectivity index is 1.94. The van der Waals surface area contributed by atoms with Gasteiger partial charge in [-0.05, 0) is 71.5 Å². The predicted octanol–water partition coefficient (Wildman–Crippen LogP) is 3.80. The van der Waals surface area contributed by atoms with Gasteiger partial charge < -0.3 is 9.47 Å². The van der Waals surface area contributed by atoms with E-state index < -0.39 is 6.23 Å². The average molecular weight is 484 g/mol. The maximum Gasteiger partial charge on any atom is 0.226 e. The molecule has 3 aromatic rings. The van der Waals surface area contributed by atoms with E-state index in [0.717, 1.165) is 37.4 Å². The van der Waals surface area contributed by atoms with Gasteiger partial charge in [-0.2, -0.15) is 10.4 Å². The Morgan fingerprint density at radius 2 is 1.86 bits per heavy atom. The Labute approximate surface area is 176 Å². The highest BCUT2D eigenvalue weighted by Crippen LogP contribution is 2.42. The summed E-state index contributed by atoms with van der Waals surface area (Å²) in [5, 5.41) is 14.4. The number of fused-ring (bicyclic) bond motifs is 1. The number of nitriles is 1. The van der Waals surface area contributed by atoms with Crippen LogP contribution in [0.2, 0.25) is 0 Å². The Morgan fingerprint density at radius 1 is 1.18 bits per heavy atom. The molecule has 0 aliphatic carbocycles. The Kier molecular flexibility index (Phi) is 4.83. The van der Waals surface area contributed by atoms with E-state index in [1.54, 1.807) is 11.8 Å². The lowest BCUT2D eigenvalue weighted by atomic mass is 9.91. The molecule has 0 radical (unpaired) electrons. The molecule has 2 N–H and O–H groups in total.